The molecule has 9 atom stereocenters. The van der Waals surface area contributed by atoms with Crippen LogP contribution in [0.4, 0.5) is 0 Å². The molecule has 250 valence electrons. The molecular weight excluding hydrogens is 592 g/mol. The first kappa shape index (κ1) is 34.6. The van der Waals surface area contributed by atoms with Crippen molar-refractivity contribution in [3.8, 4) is 0 Å². The van der Waals surface area contributed by atoms with E-state index < -0.39 is 94.1 Å². The van der Waals surface area contributed by atoms with E-state index in [0.29, 0.717) is 12.0 Å². The summed E-state index contributed by atoms with van der Waals surface area (Å²) in [5.74, 6) is -5.72. The van der Waals surface area contributed by atoms with Crippen LogP contribution in [-0.2, 0) is 57.2 Å². The van der Waals surface area contributed by atoms with Gasteiger partial charge >= 0.3 is 29.8 Å². The van der Waals surface area contributed by atoms with Crippen molar-refractivity contribution >= 4 is 35.6 Å². The van der Waals surface area contributed by atoms with Crippen LogP contribution in [0, 0.1) is 16.7 Å². The molecule has 0 aromatic rings. The third kappa shape index (κ3) is 5.35. The smallest absolute Gasteiger partial charge is 0.306 e. The summed E-state index contributed by atoms with van der Waals surface area (Å²) < 4.78 is 35.2. The lowest BCUT2D eigenvalue weighted by molar-refractivity contribution is -0.347. The van der Waals surface area contributed by atoms with Gasteiger partial charge < -0.3 is 33.5 Å². The highest BCUT2D eigenvalue weighted by atomic mass is 16.6. The van der Waals surface area contributed by atoms with E-state index in [1.807, 2.05) is 0 Å². The average Bonchev–Trinajstić information content (AvgIpc) is 2.89. The molecule has 1 aliphatic heterocycles. The standard InChI is InChI=1S/C32H44O13/c1-10-11-23(37)44-28-26-30(9,21(42-17(4)34)12-22-31(26,14-40-22)45-19(6)36)27(38)25(43-18(5)35)24-15(2)20(41-16(3)33)13-32(28,39)29(24,7)8/h20-22,25-26,28,39H,10-14H2,1-9H3/t20-,21-,22+,25+,26-,28-,30+,31-,32+/m0/s1. The summed E-state index contributed by atoms with van der Waals surface area (Å²) in [6, 6.07) is 0. The van der Waals surface area contributed by atoms with Gasteiger partial charge in [0.1, 0.15) is 30.0 Å². The molecule has 0 aromatic carbocycles. The minimum Gasteiger partial charge on any atom is -0.461 e. The minimum atomic E-state index is -2.12. The summed E-state index contributed by atoms with van der Waals surface area (Å²) in [4.78, 5) is 78.7. The minimum absolute atomic E-state index is 0.0383. The van der Waals surface area contributed by atoms with Crippen molar-refractivity contribution in [3.05, 3.63) is 11.1 Å². The second-order valence-electron chi connectivity index (χ2n) is 13.4. The fraction of sp³-hybridized carbons (Fsp3) is 0.750. The van der Waals surface area contributed by atoms with Gasteiger partial charge in [-0.1, -0.05) is 20.8 Å². The van der Waals surface area contributed by atoms with Gasteiger partial charge in [0.2, 0.25) is 0 Å². The molecule has 0 radical (unpaired) electrons. The number of ketones is 1. The topological polar surface area (TPSA) is 178 Å². The lowest BCUT2D eigenvalue weighted by Gasteiger charge is -2.67. The predicted molar refractivity (Wildman–Crippen MR) is 153 cm³/mol. The Labute approximate surface area is 262 Å². The fourth-order valence-corrected chi connectivity index (χ4v) is 8.21. The molecule has 1 saturated heterocycles. The Morgan fingerprint density at radius 2 is 1.51 bits per heavy atom. The molecule has 3 aliphatic carbocycles. The molecule has 1 heterocycles. The molecule has 3 fully saturated rings. The van der Waals surface area contributed by atoms with Crippen LogP contribution in [0.1, 0.15) is 88.0 Å². The van der Waals surface area contributed by atoms with Crippen LogP contribution in [0.2, 0.25) is 0 Å². The van der Waals surface area contributed by atoms with E-state index in [1.165, 1.54) is 27.7 Å². The average molecular weight is 637 g/mol. The highest BCUT2D eigenvalue weighted by Gasteiger charge is 2.79. The van der Waals surface area contributed by atoms with Crippen molar-refractivity contribution in [1.29, 1.82) is 0 Å². The van der Waals surface area contributed by atoms with Gasteiger partial charge in [-0.25, -0.2) is 0 Å². The number of hydrogen-bond acceptors (Lipinski definition) is 13. The van der Waals surface area contributed by atoms with Gasteiger partial charge in [-0.15, -0.1) is 0 Å². The Bertz CT molecular complexity index is 1330. The maximum atomic E-state index is 15.2. The number of aliphatic hydroxyl groups is 1. The van der Waals surface area contributed by atoms with Crippen LogP contribution >= 0.6 is 0 Å². The van der Waals surface area contributed by atoms with Crippen LogP contribution in [0.15, 0.2) is 11.1 Å². The molecular formula is C32H44O13. The van der Waals surface area contributed by atoms with Crippen LogP contribution in [-0.4, -0.2) is 89.1 Å². The summed E-state index contributed by atoms with van der Waals surface area (Å²) in [5, 5.41) is 13.1. The van der Waals surface area contributed by atoms with E-state index in [-0.39, 0.29) is 31.4 Å². The van der Waals surface area contributed by atoms with Gasteiger partial charge in [-0.3, -0.25) is 28.8 Å². The molecule has 0 amide bonds. The third-order valence-corrected chi connectivity index (χ3v) is 10.2. The maximum Gasteiger partial charge on any atom is 0.306 e. The number of carbonyl (C=O) groups excluding carboxylic acids is 6. The number of hydrogen-bond donors (Lipinski definition) is 1. The third-order valence-electron chi connectivity index (χ3n) is 10.2. The van der Waals surface area contributed by atoms with Crippen molar-refractivity contribution < 1.29 is 62.3 Å². The molecule has 0 unspecified atom stereocenters. The summed E-state index contributed by atoms with van der Waals surface area (Å²) in [6.07, 6.45) is -6.49. The summed E-state index contributed by atoms with van der Waals surface area (Å²) in [5.41, 5.74) is -6.55. The highest BCUT2D eigenvalue weighted by Crippen LogP contribution is 2.64. The molecule has 1 N–H and O–H groups in total. The Morgan fingerprint density at radius 1 is 0.911 bits per heavy atom. The van der Waals surface area contributed by atoms with E-state index in [9.17, 15) is 29.1 Å². The molecule has 2 saturated carbocycles. The van der Waals surface area contributed by atoms with Gasteiger partial charge in [0.05, 0.1) is 17.9 Å². The van der Waals surface area contributed by atoms with Crippen LogP contribution < -0.4 is 0 Å². The van der Waals surface area contributed by atoms with E-state index in [0.717, 1.165) is 6.92 Å². The Balaban J connectivity index is 2.16. The molecule has 0 spiro atoms. The lowest BCUT2D eigenvalue weighted by atomic mass is 9.44. The summed E-state index contributed by atoms with van der Waals surface area (Å²) >= 11 is 0. The zero-order valence-electron chi connectivity index (χ0n) is 27.3. The Morgan fingerprint density at radius 3 is 2.00 bits per heavy atom. The largest absolute Gasteiger partial charge is 0.461 e. The van der Waals surface area contributed by atoms with Crippen molar-refractivity contribution in [3.63, 3.8) is 0 Å². The number of rotatable bonds is 7. The first-order chi connectivity index (χ1) is 20.8. The van der Waals surface area contributed by atoms with Gasteiger partial charge in [0, 0.05) is 52.4 Å². The normalized spacial score (nSPS) is 38.2. The number of Topliss-reactive ketones (excluding diaryl/α,β-unsaturated/α-hetero) is 1. The van der Waals surface area contributed by atoms with Crippen molar-refractivity contribution in [2.45, 2.75) is 130 Å². The number of fused-ring (bicyclic) bond motifs is 5. The van der Waals surface area contributed by atoms with Crippen LogP contribution in [0.5, 0.6) is 0 Å². The summed E-state index contributed by atoms with van der Waals surface area (Å²) in [7, 11) is 0. The highest BCUT2D eigenvalue weighted by molar-refractivity contribution is 5.95. The molecule has 13 nitrogen and oxygen atoms in total. The monoisotopic (exact) mass is 636 g/mol. The maximum absolute atomic E-state index is 15.2. The van der Waals surface area contributed by atoms with E-state index >= 15 is 4.79 Å². The first-order valence-corrected chi connectivity index (χ1v) is 15.3. The molecule has 0 aromatic heterocycles. The second-order valence-corrected chi connectivity index (χ2v) is 13.4. The second kappa shape index (κ2) is 11.8. The van der Waals surface area contributed by atoms with E-state index in [4.69, 9.17) is 28.4 Å². The molecule has 45 heavy (non-hydrogen) atoms. The lowest BCUT2D eigenvalue weighted by Crippen LogP contribution is -2.82. The first-order valence-electron chi connectivity index (χ1n) is 15.3. The van der Waals surface area contributed by atoms with Crippen molar-refractivity contribution in [2.75, 3.05) is 6.61 Å². The van der Waals surface area contributed by atoms with E-state index in [1.54, 1.807) is 27.7 Å². The molecule has 4 rings (SSSR count). The van der Waals surface area contributed by atoms with Crippen LogP contribution in [0.3, 0.4) is 0 Å². The van der Waals surface area contributed by atoms with Gasteiger partial charge in [-0.2, -0.15) is 0 Å². The zero-order valence-corrected chi connectivity index (χ0v) is 27.3. The molecule has 13 heteroatoms. The SMILES string of the molecule is CCCC(=O)O[C@H]1[C@@H]2[C@]3(OC(C)=O)CO[C@@H]3C[C@H](OC(C)=O)[C@@]2(C)C(=O)[C@H](OC(C)=O)C2=C(C)[C@@H](OC(C)=O)C[C@]1(O)C2(C)C. The Hall–Kier alpha value is -3.32. The van der Waals surface area contributed by atoms with Gasteiger partial charge in [0.25, 0.3) is 0 Å². The quantitative estimate of drug-likeness (QED) is 0.245. The number of carbonyl (C=O) groups is 6. The summed E-state index contributed by atoms with van der Waals surface area (Å²) in [6.45, 7) is 12.6. The van der Waals surface area contributed by atoms with Crippen LogP contribution in [0.25, 0.3) is 0 Å². The van der Waals surface area contributed by atoms with Crippen molar-refractivity contribution in [1.82, 2.24) is 0 Å². The molecule has 2 bridgehead atoms. The van der Waals surface area contributed by atoms with Gasteiger partial charge in [0.15, 0.2) is 17.5 Å². The zero-order chi connectivity index (χ0) is 33.9. The molecule has 4 aliphatic rings. The van der Waals surface area contributed by atoms with Gasteiger partial charge in [-0.05, 0) is 31.4 Å². The fourth-order valence-electron chi connectivity index (χ4n) is 8.21. The Kier molecular flexibility index (Phi) is 9.06. The van der Waals surface area contributed by atoms with Crippen molar-refractivity contribution in [2.24, 2.45) is 16.7 Å². The number of ether oxygens (including phenoxy) is 6. The number of esters is 5. The predicted octanol–water partition coefficient (Wildman–Crippen LogP) is 2.28. The van der Waals surface area contributed by atoms with E-state index in [2.05, 4.69) is 0 Å².